The second-order valence-corrected chi connectivity index (χ2v) is 14.7. The van der Waals surface area contributed by atoms with Crippen molar-refractivity contribution in [2.45, 2.75) is 89.5 Å². The molecule has 0 aromatic rings. The molecule has 0 radical (unpaired) electrons. The zero-order valence-corrected chi connectivity index (χ0v) is 19.0. The Balaban J connectivity index is 1.83. The van der Waals surface area contributed by atoms with Crippen LogP contribution < -0.4 is 0 Å². The average molecular weight is 407 g/mol. The molecule has 0 aliphatic carbocycles. The maximum Gasteiger partial charge on any atom is 0.250 e. The number of allylic oxidation sites excluding steroid dienone is 1. The fraction of sp³-hybridized carbons (Fsp3) is 0.762. The summed E-state index contributed by atoms with van der Waals surface area (Å²) >= 11 is 0. The molecule has 3 rings (SSSR count). The number of rotatable bonds is 6. The highest BCUT2D eigenvalue weighted by Crippen LogP contribution is 2.42. The van der Waals surface area contributed by atoms with Crippen LogP contribution in [-0.4, -0.2) is 61.0 Å². The molecule has 2 atom stereocenters. The van der Waals surface area contributed by atoms with Crippen molar-refractivity contribution >= 4 is 25.9 Å². The monoisotopic (exact) mass is 406 g/mol. The molecular weight excluding hydrogens is 372 g/mol. The van der Waals surface area contributed by atoms with Crippen molar-refractivity contribution in [2.75, 3.05) is 13.2 Å². The lowest BCUT2D eigenvalue weighted by atomic mass is 10.1. The molecule has 28 heavy (non-hydrogen) atoms. The predicted octanol–water partition coefficient (Wildman–Crippen LogP) is 3.24. The predicted molar refractivity (Wildman–Crippen MR) is 110 cm³/mol. The van der Waals surface area contributed by atoms with Crippen molar-refractivity contribution in [2.24, 2.45) is 0 Å². The van der Waals surface area contributed by atoms with Crippen molar-refractivity contribution in [3.05, 3.63) is 11.8 Å². The molecule has 0 spiro atoms. The Bertz CT molecular complexity index is 679. The van der Waals surface area contributed by atoms with E-state index in [1.165, 1.54) is 4.90 Å². The fourth-order valence-electron chi connectivity index (χ4n) is 5.76. The summed E-state index contributed by atoms with van der Waals surface area (Å²) in [5.74, 6) is -0.295. The molecule has 6 nitrogen and oxygen atoms in total. The molecule has 0 N–H and O–H groups in total. The fourth-order valence-corrected chi connectivity index (χ4v) is 11.1. The molecule has 2 amide bonds. The summed E-state index contributed by atoms with van der Waals surface area (Å²) in [6.07, 6.45) is 3.40. The summed E-state index contributed by atoms with van der Waals surface area (Å²) < 4.78 is 6.53. The lowest BCUT2D eigenvalue weighted by molar-refractivity contribution is -0.155. The van der Waals surface area contributed by atoms with Crippen LogP contribution in [0, 0.1) is 0 Å². The van der Waals surface area contributed by atoms with E-state index in [4.69, 9.17) is 4.43 Å². The van der Waals surface area contributed by atoms with Crippen LogP contribution in [0.4, 0.5) is 0 Å². The van der Waals surface area contributed by atoms with Crippen LogP contribution in [0.5, 0.6) is 0 Å². The van der Waals surface area contributed by atoms with Gasteiger partial charge in [0.2, 0.25) is 14.2 Å². The maximum atomic E-state index is 13.0. The number of carbonyl (C=O) groups excluding carboxylic acids is 3. The number of carbonyl (C=O) groups is 3. The largest absolute Gasteiger partial charge is 0.412 e. The third-order valence-corrected chi connectivity index (χ3v) is 13.0. The van der Waals surface area contributed by atoms with Crippen molar-refractivity contribution in [3.8, 4) is 0 Å². The summed E-state index contributed by atoms with van der Waals surface area (Å²) in [6, 6.07) is -1.04. The van der Waals surface area contributed by atoms with Crippen LogP contribution in [0.25, 0.3) is 0 Å². The van der Waals surface area contributed by atoms with Gasteiger partial charge in [0.1, 0.15) is 12.1 Å². The molecule has 156 valence electrons. The highest BCUT2D eigenvalue weighted by molar-refractivity contribution is 6.77. The van der Waals surface area contributed by atoms with Crippen LogP contribution in [-0.2, 0) is 18.8 Å². The van der Waals surface area contributed by atoms with Gasteiger partial charge in [-0.25, -0.2) is 0 Å². The average Bonchev–Trinajstić information content (AvgIpc) is 3.21. The van der Waals surface area contributed by atoms with E-state index in [1.54, 1.807) is 11.0 Å². The first-order valence-corrected chi connectivity index (χ1v) is 12.8. The first-order valence-electron chi connectivity index (χ1n) is 10.6. The van der Waals surface area contributed by atoms with Gasteiger partial charge in [-0.3, -0.25) is 19.3 Å². The van der Waals surface area contributed by atoms with Crippen LogP contribution in [0.1, 0.15) is 60.8 Å². The van der Waals surface area contributed by atoms with E-state index < -0.39 is 20.4 Å². The molecule has 3 fully saturated rings. The zero-order valence-electron chi connectivity index (χ0n) is 18.0. The molecule has 3 saturated heterocycles. The molecule has 3 aliphatic heterocycles. The molecular formula is C21H34N2O4Si. The number of nitrogens with zero attached hydrogens (tertiary/aromatic N) is 2. The second kappa shape index (κ2) is 7.75. The third kappa shape index (κ3) is 3.16. The normalized spacial score (nSPS) is 27.0. The van der Waals surface area contributed by atoms with Gasteiger partial charge in [0.15, 0.2) is 5.78 Å². The minimum Gasteiger partial charge on any atom is -0.412 e. The van der Waals surface area contributed by atoms with E-state index in [0.717, 1.165) is 6.42 Å². The molecule has 7 heteroatoms. The Morgan fingerprint density at radius 3 is 2.18 bits per heavy atom. The number of piperazine rings is 1. The van der Waals surface area contributed by atoms with Crippen molar-refractivity contribution in [1.82, 2.24) is 9.80 Å². The van der Waals surface area contributed by atoms with Crippen LogP contribution >= 0.6 is 0 Å². The molecule has 0 bridgehead atoms. The summed E-state index contributed by atoms with van der Waals surface area (Å²) in [5.41, 5.74) is 1.71. The summed E-state index contributed by atoms with van der Waals surface area (Å²) in [4.78, 5) is 41.5. The SMILES string of the molecule is CC(C)[Si](OCC=C1C(=O)C[C@H]2C(=O)N3CCC[C@H]3C(=O)N12)(C(C)C)C(C)C. The Labute approximate surface area is 169 Å². The van der Waals surface area contributed by atoms with Gasteiger partial charge < -0.3 is 9.33 Å². The Hall–Kier alpha value is -1.47. The minimum atomic E-state index is -2.05. The summed E-state index contributed by atoms with van der Waals surface area (Å²) in [5, 5.41) is 0. The van der Waals surface area contributed by atoms with E-state index in [0.29, 0.717) is 41.9 Å². The van der Waals surface area contributed by atoms with Gasteiger partial charge >= 0.3 is 0 Å². The number of ketones is 1. The Morgan fingerprint density at radius 1 is 1.00 bits per heavy atom. The number of hydrogen-bond acceptors (Lipinski definition) is 4. The van der Waals surface area contributed by atoms with Gasteiger partial charge in [-0.15, -0.1) is 0 Å². The van der Waals surface area contributed by atoms with Crippen molar-refractivity contribution < 1.29 is 18.8 Å². The van der Waals surface area contributed by atoms with Crippen molar-refractivity contribution in [1.29, 1.82) is 0 Å². The maximum absolute atomic E-state index is 13.0. The van der Waals surface area contributed by atoms with E-state index in [1.807, 2.05) is 0 Å². The topological polar surface area (TPSA) is 66.9 Å². The second-order valence-electron chi connectivity index (χ2n) is 9.26. The molecule has 0 unspecified atom stereocenters. The highest BCUT2D eigenvalue weighted by atomic mass is 28.4. The Kier molecular flexibility index (Phi) is 5.88. The van der Waals surface area contributed by atoms with E-state index in [-0.39, 0.29) is 24.0 Å². The number of fused-ring (bicyclic) bond motifs is 2. The van der Waals surface area contributed by atoms with Gasteiger partial charge in [0.05, 0.1) is 12.3 Å². The van der Waals surface area contributed by atoms with Crippen molar-refractivity contribution in [3.63, 3.8) is 0 Å². The summed E-state index contributed by atoms with van der Waals surface area (Å²) in [6.45, 7) is 14.3. The number of Topliss-reactive ketones (excluding diaryl/α,β-unsaturated/α-hetero) is 1. The first kappa shape index (κ1) is 21.2. The van der Waals surface area contributed by atoms with Gasteiger partial charge in [-0.1, -0.05) is 41.5 Å². The van der Waals surface area contributed by atoms with Gasteiger partial charge in [-0.2, -0.15) is 0 Å². The molecule has 0 aromatic carbocycles. The highest BCUT2D eigenvalue weighted by Gasteiger charge is 2.53. The van der Waals surface area contributed by atoms with Crippen LogP contribution in [0.2, 0.25) is 16.6 Å². The molecule has 3 aliphatic rings. The van der Waals surface area contributed by atoms with Gasteiger partial charge in [0, 0.05) is 13.0 Å². The lowest BCUT2D eigenvalue weighted by Crippen LogP contribution is -2.60. The minimum absolute atomic E-state index is 0.0740. The quantitative estimate of drug-likeness (QED) is 0.502. The summed E-state index contributed by atoms with van der Waals surface area (Å²) in [7, 11) is -2.05. The first-order chi connectivity index (χ1) is 13.1. The molecule has 0 saturated carbocycles. The van der Waals surface area contributed by atoms with E-state index in [9.17, 15) is 14.4 Å². The van der Waals surface area contributed by atoms with E-state index in [2.05, 4.69) is 41.5 Å². The zero-order chi connectivity index (χ0) is 20.8. The van der Waals surface area contributed by atoms with Gasteiger partial charge in [-0.05, 0) is 35.5 Å². The third-order valence-electron chi connectivity index (χ3n) is 6.90. The van der Waals surface area contributed by atoms with E-state index >= 15 is 0 Å². The molecule has 0 aromatic heterocycles. The standard InChI is InChI=1S/C21H34N2O4Si/c1-13(2)28(14(3)4,15(5)6)27-11-9-16-19(24)12-18-20(25)22-10-7-8-17(22)21(26)23(16)18/h9,13-15,17-18H,7-8,10-12H2,1-6H3/t17-,18-/m0/s1. The lowest BCUT2D eigenvalue weighted by Gasteiger charge is -2.42. The Morgan fingerprint density at radius 2 is 1.61 bits per heavy atom. The van der Waals surface area contributed by atoms with Crippen LogP contribution in [0.15, 0.2) is 11.8 Å². The molecule has 3 heterocycles. The number of amides is 2. The number of hydrogen-bond donors (Lipinski definition) is 0. The van der Waals surface area contributed by atoms with Gasteiger partial charge in [0.25, 0.3) is 5.91 Å². The smallest absolute Gasteiger partial charge is 0.250 e. The van der Waals surface area contributed by atoms with Crippen LogP contribution in [0.3, 0.4) is 0 Å².